The second kappa shape index (κ2) is 12.6. The Morgan fingerprint density at radius 1 is 1.00 bits per heavy atom. The number of carbonyl (C=O) groups is 2. The Morgan fingerprint density at radius 2 is 1.83 bits per heavy atom. The molecule has 2 saturated heterocycles. The summed E-state index contributed by atoms with van der Waals surface area (Å²) in [5.74, 6) is 2.75. The third kappa shape index (κ3) is 6.58. The summed E-state index contributed by atoms with van der Waals surface area (Å²) in [5, 5.41) is 3.17. The zero-order valence-electron chi connectivity index (χ0n) is 24.1. The van der Waals surface area contributed by atoms with Gasteiger partial charge in [-0.2, -0.15) is 0 Å². The number of ether oxygens (including phenoxy) is 1. The van der Waals surface area contributed by atoms with Gasteiger partial charge in [-0.05, 0) is 87.7 Å². The molecule has 3 aromatic rings. The number of likely N-dealkylation sites (tertiary alicyclic amines) is 2. The number of amides is 2. The monoisotopic (exact) mass is 557 g/mol. The van der Waals surface area contributed by atoms with Crippen molar-refractivity contribution in [3.05, 3.63) is 59.9 Å². The highest BCUT2D eigenvalue weighted by Crippen LogP contribution is 2.38. The normalized spacial score (nSPS) is 22.3. The minimum absolute atomic E-state index is 0.158. The molecule has 2 N–H and O–H groups in total. The number of rotatable bonds is 4. The molecular formula is C33H43N5O3. The van der Waals surface area contributed by atoms with Gasteiger partial charge in [0.2, 0.25) is 11.8 Å². The van der Waals surface area contributed by atoms with Gasteiger partial charge < -0.3 is 19.9 Å². The van der Waals surface area contributed by atoms with Crippen molar-refractivity contribution >= 4 is 22.8 Å². The average Bonchev–Trinajstić information content (AvgIpc) is 3.41. The zero-order valence-corrected chi connectivity index (χ0v) is 24.1. The number of benzene rings is 2. The maximum Gasteiger partial charge on any atom is 0.236 e. The van der Waals surface area contributed by atoms with Gasteiger partial charge in [0.15, 0.2) is 0 Å². The second-order valence-corrected chi connectivity index (χ2v) is 12.2. The number of para-hydroxylation sites is 3. The van der Waals surface area contributed by atoms with E-state index in [9.17, 15) is 9.59 Å². The van der Waals surface area contributed by atoms with E-state index in [0.717, 1.165) is 107 Å². The molecule has 0 bridgehead atoms. The number of nitrogens with zero attached hydrogens (tertiary/aromatic N) is 3. The minimum atomic E-state index is -0.346. The molecule has 218 valence electrons. The third-order valence-corrected chi connectivity index (χ3v) is 9.42. The molecule has 1 atom stereocenters. The molecule has 4 heterocycles. The minimum Gasteiger partial charge on any atom is -0.491 e. The Bertz CT molecular complexity index is 1310. The van der Waals surface area contributed by atoms with Crippen molar-refractivity contribution in [1.29, 1.82) is 0 Å². The van der Waals surface area contributed by atoms with Crippen molar-refractivity contribution in [3.8, 4) is 5.75 Å². The number of H-pyrrole nitrogens is 1. The lowest BCUT2D eigenvalue weighted by molar-refractivity contribution is -0.137. The Hall–Kier alpha value is -3.39. The van der Waals surface area contributed by atoms with E-state index in [2.05, 4.69) is 38.3 Å². The van der Waals surface area contributed by atoms with Gasteiger partial charge in [0.25, 0.3) is 0 Å². The number of nitrogens with one attached hydrogen (secondary N) is 2. The topological polar surface area (TPSA) is 90.6 Å². The molecule has 3 aliphatic heterocycles. The summed E-state index contributed by atoms with van der Waals surface area (Å²) in [4.78, 5) is 39.3. The van der Waals surface area contributed by atoms with Crippen molar-refractivity contribution in [2.45, 2.75) is 57.8 Å². The van der Waals surface area contributed by atoms with Gasteiger partial charge in [-0.15, -0.1) is 0 Å². The van der Waals surface area contributed by atoms with E-state index in [1.165, 1.54) is 5.56 Å². The van der Waals surface area contributed by atoms with Crippen molar-refractivity contribution in [1.82, 2.24) is 25.1 Å². The van der Waals surface area contributed by atoms with Crippen LogP contribution in [0.4, 0.5) is 0 Å². The molecule has 0 saturated carbocycles. The van der Waals surface area contributed by atoms with Gasteiger partial charge in [0.05, 0.1) is 29.5 Å². The number of imidazole rings is 1. The summed E-state index contributed by atoms with van der Waals surface area (Å²) in [6, 6.07) is 16.4. The number of hydrogen-bond donors (Lipinski definition) is 2. The number of carbonyl (C=O) groups excluding carboxylic acids is 2. The molecule has 1 spiro atoms. The van der Waals surface area contributed by atoms with Crippen LogP contribution in [-0.4, -0.2) is 77.5 Å². The molecule has 2 amide bonds. The number of aryl methyl sites for hydroxylation is 1. The summed E-state index contributed by atoms with van der Waals surface area (Å²) in [6.45, 7) is 4.64. The van der Waals surface area contributed by atoms with Gasteiger partial charge in [-0.3, -0.25) is 14.5 Å². The highest BCUT2D eigenvalue weighted by atomic mass is 16.5. The van der Waals surface area contributed by atoms with E-state index >= 15 is 0 Å². The number of piperidine rings is 2. The Balaban J connectivity index is 1.01. The molecule has 41 heavy (non-hydrogen) atoms. The highest BCUT2D eigenvalue weighted by Gasteiger charge is 2.41. The molecule has 2 fully saturated rings. The van der Waals surface area contributed by atoms with E-state index in [1.807, 2.05) is 30.3 Å². The molecule has 0 radical (unpaired) electrons. The molecule has 3 aliphatic rings. The van der Waals surface area contributed by atoms with E-state index in [-0.39, 0.29) is 17.2 Å². The van der Waals surface area contributed by atoms with Crippen LogP contribution < -0.4 is 10.1 Å². The van der Waals surface area contributed by atoms with E-state index < -0.39 is 0 Å². The SMILES string of the molecule is O=C(CN1CCC2(CCCCc3ccccc3OCCNC2=O)CC1)N1CCCC(Cc2nc3ccccc3[nH]2)C1. The van der Waals surface area contributed by atoms with Crippen LogP contribution >= 0.6 is 0 Å². The quantitative estimate of drug-likeness (QED) is 0.498. The third-order valence-electron chi connectivity index (χ3n) is 9.42. The fraction of sp³-hybridized carbons (Fsp3) is 0.545. The number of aromatic amines is 1. The largest absolute Gasteiger partial charge is 0.491 e. The van der Waals surface area contributed by atoms with E-state index in [1.54, 1.807) is 0 Å². The summed E-state index contributed by atoms with van der Waals surface area (Å²) < 4.78 is 5.99. The predicted octanol–water partition coefficient (Wildman–Crippen LogP) is 4.35. The first-order valence-corrected chi connectivity index (χ1v) is 15.5. The summed E-state index contributed by atoms with van der Waals surface area (Å²) in [6.07, 6.45) is 8.57. The lowest BCUT2D eigenvalue weighted by atomic mass is 9.73. The van der Waals surface area contributed by atoms with Crippen LogP contribution in [0.1, 0.15) is 56.3 Å². The molecular weight excluding hydrogens is 514 g/mol. The number of hydrogen-bond acceptors (Lipinski definition) is 5. The van der Waals surface area contributed by atoms with Crippen molar-refractivity contribution in [3.63, 3.8) is 0 Å². The fourth-order valence-corrected chi connectivity index (χ4v) is 7.00. The summed E-state index contributed by atoms with van der Waals surface area (Å²) in [5.41, 5.74) is 2.98. The first-order valence-electron chi connectivity index (χ1n) is 15.5. The molecule has 8 nitrogen and oxygen atoms in total. The maximum absolute atomic E-state index is 13.4. The van der Waals surface area contributed by atoms with Crippen LogP contribution in [0.2, 0.25) is 0 Å². The molecule has 0 aliphatic carbocycles. The molecule has 6 rings (SSSR count). The standard InChI is InChI=1S/C33H43N5O3/c39-31(38-18-7-8-25(23-38)22-30-35-27-11-2-3-12-28(27)36-30)24-37-19-15-33(16-20-37)14-6-5-10-26-9-1-4-13-29(26)41-21-17-34-32(33)40/h1-4,9,11-13,25H,5-8,10,14-24H2,(H,34,40)(H,35,36). The molecule has 8 heteroatoms. The van der Waals surface area contributed by atoms with Crippen LogP contribution in [-0.2, 0) is 22.4 Å². The zero-order chi connectivity index (χ0) is 28.1. The van der Waals surface area contributed by atoms with Crippen molar-refractivity contribution in [2.75, 3.05) is 45.9 Å². The van der Waals surface area contributed by atoms with Crippen LogP contribution in [0.25, 0.3) is 11.0 Å². The maximum atomic E-state index is 13.4. The smallest absolute Gasteiger partial charge is 0.236 e. The molecule has 2 aromatic carbocycles. The van der Waals surface area contributed by atoms with Gasteiger partial charge in [-0.1, -0.05) is 36.8 Å². The predicted molar refractivity (Wildman–Crippen MR) is 160 cm³/mol. The number of fused-ring (bicyclic) bond motifs is 2. The van der Waals surface area contributed by atoms with Crippen LogP contribution in [0.3, 0.4) is 0 Å². The van der Waals surface area contributed by atoms with Gasteiger partial charge in [-0.25, -0.2) is 4.98 Å². The van der Waals surface area contributed by atoms with E-state index in [0.29, 0.717) is 25.6 Å². The molecule has 1 aromatic heterocycles. The number of aromatic nitrogens is 2. The first-order chi connectivity index (χ1) is 20.1. The van der Waals surface area contributed by atoms with Crippen LogP contribution in [0.15, 0.2) is 48.5 Å². The fourth-order valence-electron chi connectivity index (χ4n) is 7.00. The Morgan fingerprint density at radius 3 is 2.71 bits per heavy atom. The Labute approximate surface area is 242 Å². The van der Waals surface area contributed by atoms with Crippen LogP contribution in [0.5, 0.6) is 5.75 Å². The second-order valence-electron chi connectivity index (χ2n) is 12.2. The van der Waals surface area contributed by atoms with Gasteiger partial charge in [0.1, 0.15) is 18.2 Å². The average molecular weight is 558 g/mol. The summed E-state index contributed by atoms with van der Waals surface area (Å²) >= 11 is 0. The lowest BCUT2D eigenvalue weighted by Gasteiger charge is -2.41. The van der Waals surface area contributed by atoms with Crippen LogP contribution in [0, 0.1) is 11.3 Å². The first kappa shape index (κ1) is 27.8. The van der Waals surface area contributed by atoms with Crippen molar-refractivity contribution < 1.29 is 14.3 Å². The lowest BCUT2D eigenvalue weighted by Crippen LogP contribution is -2.52. The van der Waals surface area contributed by atoms with Gasteiger partial charge in [0, 0.05) is 19.5 Å². The van der Waals surface area contributed by atoms with Gasteiger partial charge >= 0.3 is 0 Å². The summed E-state index contributed by atoms with van der Waals surface area (Å²) in [7, 11) is 0. The van der Waals surface area contributed by atoms with E-state index in [4.69, 9.17) is 9.72 Å². The molecule has 1 unspecified atom stereocenters. The Kier molecular flexibility index (Phi) is 8.56. The highest BCUT2D eigenvalue weighted by molar-refractivity contribution is 5.83. The van der Waals surface area contributed by atoms with Crippen molar-refractivity contribution in [2.24, 2.45) is 11.3 Å².